The first-order valence-electron chi connectivity index (χ1n) is 6.53. The first-order chi connectivity index (χ1) is 8.29. The predicted octanol–water partition coefficient (Wildman–Crippen LogP) is -0.0492. The molecule has 0 aromatic heterocycles. The Hall–Kier alpha value is -0.360. The fourth-order valence-electron chi connectivity index (χ4n) is 2.52. The number of nitrogens with one attached hydrogen (secondary N) is 1. The van der Waals surface area contributed by atoms with Gasteiger partial charge in [0, 0.05) is 59.3 Å². The van der Waals surface area contributed by atoms with Crippen molar-refractivity contribution >= 4 is 18.3 Å². The fourth-order valence-corrected chi connectivity index (χ4v) is 2.52. The normalized spacial score (nSPS) is 24.9. The number of piperazine rings is 1. The van der Waals surface area contributed by atoms with Crippen molar-refractivity contribution in [2.75, 3.05) is 52.9 Å². The van der Waals surface area contributed by atoms with Crippen LogP contribution in [0, 0.1) is 0 Å². The molecule has 0 unspecified atom stereocenters. The monoisotopic (exact) mass is 277 g/mol. The topological polar surface area (TPSA) is 44.8 Å². The molecule has 0 aromatic rings. The second kappa shape index (κ2) is 7.94. The predicted molar refractivity (Wildman–Crippen MR) is 73.2 cm³/mol. The SMILES string of the molecule is CO[C@@H]1CCN(CCC(=O)N2CCNCC2)C1.Cl. The van der Waals surface area contributed by atoms with Gasteiger partial charge in [-0.25, -0.2) is 0 Å². The summed E-state index contributed by atoms with van der Waals surface area (Å²) < 4.78 is 5.32. The van der Waals surface area contributed by atoms with Gasteiger partial charge in [-0.3, -0.25) is 4.79 Å². The summed E-state index contributed by atoms with van der Waals surface area (Å²) in [5.41, 5.74) is 0. The standard InChI is InChI=1S/C12H23N3O2.ClH/c1-17-11-2-6-14(10-11)7-3-12(16)15-8-4-13-5-9-15;/h11,13H,2-10H2,1H3;1H/t11-;/m1./s1. The molecule has 1 amide bonds. The Morgan fingerprint density at radius 3 is 2.67 bits per heavy atom. The highest BCUT2D eigenvalue weighted by Crippen LogP contribution is 2.12. The Morgan fingerprint density at radius 2 is 2.06 bits per heavy atom. The van der Waals surface area contributed by atoms with Crippen molar-refractivity contribution in [2.45, 2.75) is 18.9 Å². The molecule has 0 aliphatic carbocycles. The highest BCUT2D eigenvalue weighted by molar-refractivity contribution is 5.85. The van der Waals surface area contributed by atoms with Crippen LogP contribution in [-0.2, 0) is 9.53 Å². The number of likely N-dealkylation sites (tertiary alicyclic amines) is 1. The zero-order valence-electron chi connectivity index (χ0n) is 11.1. The van der Waals surface area contributed by atoms with Crippen LogP contribution in [0.15, 0.2) is 0 Å². The van der Waals surface area contributed by atoms with Gasteiger partial charge in [0.25, 0.3) is 0 Å². The lowest BCUT2D eigenvalue weighted by Crippen LogP contribution is -2.47. The maximum absolute atomic E-state index is 11.9. The molecule has 0 aromatic carbocycles. The summed E-state index contributed by atoms with van der Waals surface area (Å²) >= 11 is 0. The molecule has 2 aliphatic rings. The van der Waals surface area contributed by atoms with Gasteiger partial charge in [0.05, 0.1) is 6.10 Å². The van der Waals surface area contributed by atoms with E-state index in [4.69, 9.17) is 4.74 Å². The van der Waals surface area contributed by atoms with Crippen molar-refractivity contribution in [3.8, 4) is 0 Å². The van der Waals surface area contributed by atoms with Crippen LogP contribution >= 0.6 is 12.4 Å². The van der Waals surface area contributed by atoms with E-state index in [9.17, 15) is 4.79 Å². The summed E-state index contributed by atoms with van der Waals surface area (Å²) in [6.07, 6.45) is 2.11. The third kappa shape index (κ3) is 4.39. The third-order valence-corrected chi connectivity index (χ3v) is 3.67. The van der Waals surface area contributed by atoms with Crippen LogP contribution in [0.4, 0.5) is 0 Å². The average Bonchev–Trinajstić information content (AvgIpc) is 2.85. The summed E-state index contributed by atoms with van der Waals surface area (Å²) in [4.78, 5) is 16.2. The van der Waals surface area contributed by atoms with E-state index in [-0.39, 0.29) is 12.4 Å². The molecule has 0 spiro atoms. The van der Waals surface area contributed by atoms with Crippen LogP contribution in [0.1, 0.15) is 12.8 Å². The molecule has 0 radical (unpaired) electrons. The fraction of sp³-hybridized carbons (Fsp3) is 0.917. The average molecular weight is 278 g/mol. The minimum Gasteiger partial charge on any atom is -0.380 e. The summed E-state index contributed by atoms with van der Waals surface area (Å²) in [6.45, 7) is 6.50. The molecular weight excluding hydrogens is 254 g/mol. The van der Waals surface area contributed by atoms with Crippen LogP contribution in [0.5, 0.6) is 0 Å². The highest BCUT2D eigenvalue weighted by atomic mass is 35.5. The summed E-state index contributed by atoms with van der Waals surface area (Å²) in [6, 6.07) is 0. The molecular formula is C12H24ClN3O2. The minimum absolute atomic E-state index is 0. The van der Waals surface area contributed by atoms with Crippen molar-refractivity contribution in [3.05, 3.63) is 0 Å². The van der Waals surface area contributed by atoms with E-state index in [1.165, 1.54) is 0 Å². The molecule has 106 valence electrons. The van der Waals surface area contributed by atoms with E-state index in [0.29, 0.717) is 18.4 Å². The van der Waals surface area contributed by atoms with Crippen LogP contribution in [-0.4, -0.2) is 74.7 Å². The van der Waals surface area contributed by atoms with Crippen LogP contribution in [0.3, 0.4) is 0 Å². The van der Waals surface area contributed by atoms with Crippen molar-refractivity contribution in [3.63, 3.8) is 0 Å². The molecule has 1 N–H and O–H groups in total. The zero-order valence-corrected chi connectivity index (χ0v) is 11.9. The number of ether oxygens (including phenoxy) is 1. The number of halogens is 1. The Kier molecular flexibility index (Phi) is 6.92. The second-order valence-corrected chi connectivity index (χ2v) is 4.83. The van der Waals surface area contributed by atoms with E-state index in [2.05, 4.69) is 10.2 Å². The van der Waals surface area contributed by atoms with E-state index in [1.54, 1.807) is 7.11 Å². The molecule has 6 heteroatoms. The second-order valence-electron chi connectivity index (χ2n) is 4.83. The number of carbonyl (C=O) groups is 1. The van der Waals surface area contributed by atoms with Crippen molar-refractivity contribution in [1.82, 2.24) is 15.1 Å². The van der Waals surface area contributed by atoms with E-state index >= 15 is 0 Å². The van der Waals surface area contributed by atoms with Gasteiger partial charge in [0.15, 0.2) is 0 Å². The lowest BCUT2D eigenvalue weighted by Gasteiger charge is -2.28. The minimum atomic E-state index is 0. The number of hydrogen-bond donors (Lipinski definition) is 1. The van der Waals surface area contributed by atoms with Crippen molar-refractivity contribution < 1.29 is 9.53 Å². The molecule has 0 saturated carbocycles. The number of rotatable bonds is 4. The Labute approximate surface area is 115 Å². The van der Waals surface area contributed by atoms with Crippen LogP contribution in [0.2, 0.25) is 0 Å². The van der Waals surface area contributed by atoms with Crippen molar-refractivity contribution in [2.24, 2.45) is 0 Å². The van der Waals surface area contributed by atoms with Gasteiger partial charge < -0.3 is 19.9 Å². The van der Waals surface area contributed by atoms with Gasteiger partial charge in [0.1, 0.15) is 0 Å². The number of methoxy groups -OCH3 is 1. The van der Waals surface area contributed by atoms with Gasteiger partial charge >= 0.3 is 0 Å². The Bertz CT molecular complexity index is 260. The molecule has 18 heavy (non-hydrogen) atoms. The van der Waals surface area contributed by atoms with E-state index < -0.39 is 0 Å². The zero-order chi connectivity index (χ0) is 12.1. The maximum atomic E-state index is 11.9. The maximum Gasteiger partial charge on any atom is 0.223 e. The lowest BCUT2D eigenvalue weighted by atomic mass is 10.3. The Balaban J connectivity index is 0.00000162. The van der Waals surface area contributed by atoms with Crippen LogP contribution in [0.25, 0.3) is 0 Å². The molecule has 2 saturated heterocycles. The van der Waals surface area contributed by atoms with Crippen LogP contribution < -0.4 is 5.32 Å². The third-order valence-electron chi connectivity index (χ3n) is 3.67. The summed E-state index contributed by atoms with van der Waals surface area (Å²) in [5, 5.41) is 3.26. The quantitative estimate of drug-likeness (QED) is 0.783. The number of carbonyl (C=O) groups excluding carboxylic acids is 1. The smallest absolute Gasteiger partial charge is 0.223 e. The number of nitrogens with zero attached hydrogens (tertiary/aromatic N) is 2. The van der Waals surface area contributed by atoms with Gasteiger partial charge in [-0.15, -0.1) is 12.4 Å². The van der Waals surface area contributed by atoms with E-state index in [0.717, 1.165) is 52.2 Å². The molecule has 1 atom stereocenters. The van der Waals surface area contributed by atoms with Gasteiger partial charge in [0.2, 0.25) is 5.91 Å². The van der Waals surface area contributed by atoms with Gasteiger partial charge in [-0.05, 0) is 6.42 Å². The first kappa shape index (κ1) is 15.7. The van der Waals surface area contributed by atoms with Gasteiger partial charge in [-0.2, -0.15) is 0 Å². The molecule has 5 nitrogen and oxygen atoms in total. The Morgan fingerprint density at radius 1 is 1.33 bits per heavy atom. The molecule has 2 heterocycles. The summed E-state index contributed by atoms with van der Waals surface area (Å²) in [7, 11) is 1.76. The number of amides is 1. The first-order valence-corrected chi connectivity index (χ1v) is 6.53. The number of hydrogen-bond acceptors (Lipinski definition) is 4. The molecule has 2 aliphatic heterocycles. The highest BCUT2D eigenvalue weighted by Gasteiger charge is 2.23. The lowest BCUT2D eigenvalue weighted by molar-refractivity contribution is -0.132. The summed E-state index contributed by atoms with van der Waals surface area (Å²) in [5.74, 6) is 0.298. The molecule has 0 bridgehead atoms. The van der Waals surface area contributed by atoms with Gasteiger partial charge in [-0.1, -0.05) is 0 Å². The van der Waals surface area contributed by atoms with E-state index in [1.807, 2.05) is 4.90 Å². The largest absolute Gasteiger partial charge is 0.380 e. The molecule has 2 rings (SSSR count). The van der Waals surface area contributed by atoms with Crippen molar-refractivity contribution in [1.29, 1.82) is 0 Å². The molecule has 2 fully saturated rings.